The van der Waals surface area contributed by atoms with Crippen LogP contribution in [0.5, 0.6) is 0 Å². The largest absolute Gasteiger partial charge is 0.306 e. The van der Waals surface area contributed by atoms with E-state index in [4.69, 9.17) is 4.98 Å². The summed E-state index contributed by atoms with van der Waals surface area (Å²) in [6, 6.07) is 0. The van der Waals surface area contributed by atoms with Crippen molar-refractivity contribution in [3.8, 4) is 0 Å². The van der Waals surface area contributed by atoms with Gasteiger partial charge in [-0.25, -0.2) is 4.98 Å². The lowest BCUT2D eigenvalue weighted by molar-refractivity contribution is 0.258. The van der Waals surface area contributed by atoms with Gasteiger partial charge in [-0.15, -0.1) is 11.3 Å². The van der Waals surface area contributed by atoms with E-state index in [1.807, 2.05) is 11.3 Å². The molecule has 118 valence electrons. The summed E-state index contributed by atoms with van der Waals surface area (Å²) < 4.78 is 0. The summed E-state index contributed by atoms with van der Waals surface area (Å²) in [6.45, 7) is 9.28. The minimum absolute atomic E-state index is 0.145. The molecule has 0 bridgehead atoms. The molecule has 1 unspecified atom stereocenters. The minimum atomic E-state index is 0.145. The molecule has 2 aliphatic rings. The monoisotopic (exact) mass is 307 g/mol. The lowest BCUT2D eigenvalue weighted by atomic mass is 9.91. The highest BCUT2D eigenvalue weighted by Crippen LogP contribution is 2.39. The molecule has 0 radical (unpaired) electrons. The van der Waals surface area contributed by atoms with Gasteiger partial charge in [0.05, 0.1) is 11.2 Å². The number of rotatable bonds is 5. The van der Waals surface area contributed by atoms with Crippen LogP contribution in [0.15, 0.2) is 0 Å². The first kappa shape index (κ1) is 15.4. The van der Waals surface area contributed by atoms with Crippen molar-refractivity contribution in [2.24, 2.45) is 0 Å². The Balaban J connectivity index is 1.81. The number of aromatic nitrogens is 1. The van der Waals surface area contributed by atoms with Crippen LogP contribution in [0.1, 0.15) is 61.5 Å². The summed E-state index contributed by atoms with van der Waals surface area (Å²) in [5.41, 5.74) is 1.55. The van der Waals surface area contributed by atoms with E-state index in [-0.39, 0.29) is 5.54 Å². The van der Waals surface area contributed by atoms with Crippen molar-refractivity contribution in [2.75, 3.05) is 26.2 Å². The fraction of sp³-hybridized carbons (Fsp3) is 0.824. The molecule has 21 heavy (non-hydrogen) atoms. The summed E-state index contributed by atoms with van der Waals surface area (Å²) in [7, 11) is 0. The van der Waals surface area contributed by atoms with E-state index in [1.165, 1.54) is 75.3 Å². The first-order chi connectivity index (χ1) is 10.3. The summed E-state index contributed by atoms with van der Waals surface area (Å²) >= 11 is 2.00. The average Bonchev–Trinajstić information content (AvgIpc) is 3.00. The Morgan fingerprint density at radius 1 is 1.19 bits per heavy atom. The second-order valence-corrected chi connectivity index (χ2v) is 7.63. The Hall–Kier alpha value is -0.450. The quantitative estimate of drug-likeness (QED) is 0.904. The molecule has 1 aromatic rings. The number of nitrogens with one attached hydrogen (secondary N) is 1. The van der Waals surface area contributed by atoms with Crippen LogP contribution in [0.25, 0.3) is 0 Å². The maximum atomic E-state index is 5.06. The number of hydrogen-bond donors (Lipinski definition) is 1. The van der Waals surface area contributed by atoms with Gasteiger partial charge >= 0.3 is 0 Å². The number of nitrogens with zero attached hydrogens (tertiary/aromatic N) is 2. The Labute approximate surface area is 133 Å². The molecular formula is C17H29N3S. The molecule has 0 aromatic carbocycles. The zero-order valence-corrected chi connectivity index (χ0v) is 14.4. The van der Waals surface area contributed by atoms with Crippen LogP contribution in [-0.2, 0) is 18.4 Å². The fourth-order valence-electron chi connectivity index (χ4n) is 3.93. The van der Waals surface area contributed by atoms with Gasteiger partial charge in [0.25, 0.3) is 0 Å². The number of aryl methyl sites for hydroxylation is 2. The molecule has 1 aliphatic carbocycles. The standard InChI is InChI=1S/C17H29N3S/c1-3-11-20-12-6-9-17(10-13-20,18-4-2)16-19-14-7-5-8-15(14)21-16/h18H,3-13H2,1-2H3. The van der Waals surface area contributed by atoms with Gasteiger partial charge in [0.1, 0.15) is 5.01 Å². The molecule has 2 heterocycles. The van der Waals surface area contributed by atoms with E-state index in [0.717, 1.165) is 6.54 Å². The Bertz CT molecular complexity index is 449. The zero-order valence-electron chi connectivity index (χ0n) is 13.6. The third-order valence-electron chi connectivity index (χ3n) is 4.99. The molecule has 0 amide bonds. The van der Waals surface area contributed by atoms with Crippen LogP contribution in [0.3, 0.4) is 0 Å². The Kier molecular flexibility index (Phi) is 4.97. The summed E-state index contributed by atoms with van der Waals surface area (Å²) in [6.07, 6.45) is 8.79. The topological polar surface area (TPSA) is 28.2 Å². The van der Waals surface area contributed by atoms with E-state index in [9.17, 15) is 0 Å². The van der Waals surface area contributed by atoms with Gasteiger partial charge in [0.2, 0.25) is 0 Å². The van der Waals surface area contributed by atoms with Gasteiger partial charge in [-0.1, -0.05) is 13.8 Å². The summed E-state index contributed by atoms with van der Waals surface area (Å²) in [5.74, 6) is 0. The molecule has 0 saturated carbocycles. The van der Waals surface area contributed by atoms with Crippen LogP contribution in [0.4, 0.5) is 0 Å². The van der Waals surface area contributed by atoms with Crippen LogP contribution >= 0.6 is 11.3 Å². The molecule has 4 heteroatoms. The molecule has 3 rings (SSSR count). The highest BCUT2D eigenvalue weighted by Gasteiger charge is 2.37. The van der Waals surface area contributed by atoms with Gasteiger partial charge < -0.3 is 10.2 Å². The number of thiazole rings is 1. The van der Waals surface area contributed by atoms with Crippen molar-refractivity contribution >= 4 is 11.3 Å². The smallest absolute Gasteiger partial charge is 0.113 e. The first-order valence-electron chi connectivity index (χ1n) is 8.74. The third kappa shape index (κ3) is 3.17. The van der Waals surface area contributed by atoms with E-state index in [2.05, 4.69) is 24.1 Å². The second-order valence-electron chi connectivity index (χ2n) is 6.55. The van der Waals surface area contributed by atoms with Gasteiger partial charge in [0.15, 0.2) is 0 Å². The maximum absolute atomic E-state index is 5.06. The molecular weight excluding hydrogens is 278 g/mol. The van der Waals surface area contributed by atoms with E-state index >= 15 is 0 Å². The summed E-state index contributed by atoms with van der Waals surface area (Å²) in [5, 5.41) is 5.21. The predicted octanol–water partition coefficient (Wildman–Crippen LogP) is 3.33. The van der Waals surface area contributed by atoms with Crippen molar-refractivity contribution < 1.29 is 0 Å². The van der Waals surface area contributed by atoms with E-state index in [1.54, 1.807) is 4.88 Å². The van der Waals surface area contributed by atoms with Gasteiger partial charge in [-0.2, -0.15) is 0 Å². The van der Waals surface area contributed by atoms with Gasteiger partial charge in [0, 0.05) is 11.4 Å². The molecule has 1 saturated heterocycles. The lowest BCUT2D eigenvalue weighted by Gasteiger charge is -2.32. The highest BCUT2D eigenvalue weighted by molar-refractivity contribution is 7.12. The molecule has 1 aliphatic heterocycles. The third-order valence-corrected chi connectivity index (χ3v) is 6.35. The van der Waals surface area contributed by atoms with Crippen molar-refractivity contribution in [2.45, 2.75) is 64.3 Å². The molecule has 1 fully saturated rings. The van der Waals surface area contributed by atoms with E-state index < -0.39 is 0 Å². The SMILES string of the molecule is CCCN1CCCC(NCC)(c2nc3c(s2)CCC3)CC1. The average molecular weight is 308 g/mol. The molecule has 3 nitrogen and oxygen atoms in total. The van der Waals surface area contributed by atoms with Crippen molar-refractivity contribution in [1.29, 1.82) is 0 Å². The maximum Gasteiger partial charge on any atom is 0.113 e. The number of fused-ring (bicyclic) bond motifs is 1. The minimum Gasteiger partial charge on any atom is -0.306 e. The number of hydrogen-bond acceptors (Lipinski definition) is 4. The summed E-state index contributed by atoms with van der Waals surface area (Å²) in [4.78, 5) is 9.26. The molecule has 0 spiro atoms. The van der Waals surface area contributed by atoms with Crippen LogP contribution in [0, 0.1) is 0 Å². The number of likely N-dealkylation sites (tertiary alicyclic amines) is 1. The van der Waals surface area contributed by atoms with Gasteiger partial charge in [-0.05, 0) is 64.6 Å². The van der Waals surface area contributed by atoms with Gasteiger partial charge in [-0.3, -0.25) is 0 Å². The van der Waals surface area contributed by atoms with Crippen molar-refractivity contribution in [3.05, 3.63) is 15.6 Å². The van der Waals surface area contributed by atoms with Crippen LogP contribution in [0.2, 0.25) is 0 Å². The molecule has 1 aromatic heterocycles. The second kappa shape index (κ2) is 6.76. The predicted molar refractivity (Wildman–Crippen MR) is 90.1 cm³/mol. The normalized spacial score (nSPS) is 26.8. The van der Waals surface area contributed by atoms with Crippen LogP contribution in [-0.4, -0.2) is 36.1 Å². The Morgan fingerprint density at radius 2 is 2.10 bits per heavy atom. The van der Waals surface area contributed by atoms with Crippen molar-refractivity contribution in [3.63, 3.8) is 0 Å². The molecule has 1 N–H and O–H groups in total. The highest BCUT2D eigenvalue weighted by atomic mass is 32.1. The fourth-order valence-corrected chi connectivity index (χ4v) is 5.30. The van der Waals surface area contributed by atoms with E-state index in [0.29, 0.717) is 0 Å². The Morgan fingerprint density at radius 3 is 2.86 bits per heavy atom. The van der Waals surface area contributed by atoms with Crippen molar-refractivity contribution in [1.82, 2.24) is 15.2 Å². The van der Waals surface area contributed by atoms with Crippen LogP contribution < -0.4 is 5.32 Å². The lowest BCUT2D eigenvalue weighted by Crippen LogP contribution is -2.43. The first-order valence-corrected chi connectivity index (χ1v) is 9.55. The zero-order chi connectivity index (χ0) is 14.7. The molecule has 1 atom stereocenters.